The number of hydrogen-bond acceptors (Lipinski definition) is 15. The Bertz CT molecular complexity index is 3160. The SMILES string of the molecule is CCC[C@H](NC(=O)C(Cc1c[nH]c2ccccc12)NC(=O)[C@H](C)NC(=O)[C@@H](NC(=O)C(Cc1ccccc1)NC(=O)[C@H](CCC(=O)O)NC(C)=O)[C@@H](C)CC)C(=O)NC(C(=O)N[C@@H](CCCNC(=N)N)C(=O)NCC(=O)N[C@@H](CCCNC(=N)N)C(=O)NCC(C)=O)C(C)C. The first-order chi connectivity index (χ1) is 44.9. The largest absolute Gasteiger partial charge is 0.481 e. The topological polar surface area (TPSA) is 514 Å². The molecule has 0 aliphatic carbocycles. The Morgan fingerprint density at radius 3 is 1.56 bits per heavy atom. The molecule has 0 radical (unpaired) electrons. The molecule has 10 atom stereocenters. The standard InChI is InChI=1S/C63H96N18O14/c1-9-18-43(57(91)80-51(34(3)4)60(94)77-45(24-17-28-69-63(66)67)55(89)72-33-49(84)75-44(23-16-27-68-62(64)65)54(88)71-31-36(6)82)76-58(92)48(30-40-32-70-42-22-15-14-21-41(40)42)78-53(87)37(7)73-61(95)52(35(5)10-2)81-59(93)47(29-39-19-12-11-13-20-39)79-56(90)46(74-38(8)83)25-26-50(85)86/h11-15,19-22,32,34-35,37,43-48,51-52,70H,9-10,16-18,23-31,33H2,1-8H3,(H,71,88)(H,72,89)(H,73,95)(H,74,83)(H,75,84)(H,76,92)(H,77,94)(H,78,87)(H,79,90)(H,80,91)(H,81,93)(H,85,86)(H4,64,65,68)(H4,66,67,69)/t35-,37-,43-,44-,45-,46-,47?,48?,51?,52-/m0/s1. The first kappa shape index (κ1) is 79.1. The number of para-hydroxylation sites is 1. The van der Waals surface area contributed by atoms with Gasteiger partial charge in [-0.2, -0.15) is 0 Å². The third kappa shape index (κ3) is 28.7. The van der Waals surface area contributed by atoms with Crippen molar-refractivity contribution in [3.05, 3.63) is 71.9 Å². The first-order valence-corrected chi connectivity index (χ1v) is 31.6. The zero-order valence-electron chi connectivity index (χ0n) is 55.1. The van der Waals surface area contributed by atoms with E-state index in [4.69, 9.17) is 22.3 Å². The summed E-state index contributed by atoms with van der Waals surface area (Å²) in [5, 5.41) is 58.8. The Balaban J connectivity index is 1.88. The summed E-state index contributed by atoms with van der Waals surface area (Å²) in [5.41, 5.74) is 12.7. The predicted molar refractivity (Wildman–Crippen MR) is 352 cm³/mol. The molecule has 21 N–H and O–H groups in total. The van der Waals surface area contributed by atoms with E-state index in [0.29, 0.717) is 34.9 Å². The third-order valence-corrected chi connectivity index (χ3v) is 15.2. The maximum Gasteiger partial charge on any atom is 0.303 e. The van der Waals surface area contributed by atoms with Crippen LogP contribution in [0.3, 0.4) is 0 Å². The van der Waals surface area contributed by atoms with E-state index in [1.807, 2.05) is 6.07 Å². The first-order valence-electron chi connectivity index (χ1n) is 31.6. The van der Waals surface area contributed by atoms with E-state index in [2.05, 4.69) is 74.1 Å². The number of carbonyl (C=O) groups excluding carboxylic acids is 12. The van der Waals surface area contributed by atoms with Crippen LogP contribution in [0.25, 0.3) is 10.9 Å². The molecule has 0 aliphatic heterocycles. The number of carbonyl (C=O) groups is 13. The molecule has 32 nitrogen and oxygen atoms in total. The van der Waals surface area contributed by atoms with Crippen LogP contribution >= 0.6 is 0 Å². The molecular weight excluding hydrogens is 1230 g/mol. The number of rotatable bonds is 42. The fourth-order valence-electron chi connectivity index (χ4n) is 9.81. The summed E-state index contributed by atoms with van der Waals surface area (Å²) in [6.07, 6.45) is 1.83. The highest BCUT2D eigenvalue weighted by Gasteiger charge is 2.36. The number of hydrogen-bond donors (Lipinski definition) is 19. The number of ketones is 1. The molecule has 3 unspecified atom stereocenters. The lowest BCUT2D eigenvalue weighted by molar-refractivity contribution is -0.138. The zero-order chi connectivity index (χ0) is 70.9. The van der Waals surface area contributed by atoms with Crippen molar-refractivity contribution >= 4 is 99.6 Å². The van der Waals surface area contributed by atoms with Gasteiger partial charge in [0, 0.05) is 56.4 Å². The molecule has 3 rings (SSSR count). The van der Waals surface area contributed by atoms with Gasteiger partial charge in [-0.3, -0.25) is 73.1 Å². The number of amides is 11. The number of carboxylic acid groups (broad SMARTS) is 1. The van der Waals surface area contributed by atoms with E-state index in [9.17, 15) is 67.4 Å². The fourth-order valence-corrected chi connectivity index (χ4v) is 9.81. The molecular formula is C63H96N18O14. The van der Waals surface area contributed by atoms with Crippen LogP contribution in [-0.2, 0) is 75.2 Å². The molecule has 0 saturated carbocycles. The van der Waals surface area contributed by atoms with Crippen LogP contribution in [0.2, 0.25) is 0 Å². The predicted octanol–water partition coefficient (Wildman–Crippen LogP) is -1.93. The van der Waals surface area contributed by atoms with Gasteiger partial charge in [0.15, 0.2) is 11.9 Å². The molecule has 1 aromatic heterocycles. The number of nitrogens with one attached hydrogen (secondary N) is 16. The molecule has 32 heteroatoms. The van der Waals surface area contributed by atoms with Crippen LogP contribution in [0, 0.1) is 22.7 Å². The molecule has 11 amide bonds. The van der Waals surface area contributed by atoms with E-state index < -0.39 is 150 Å². The summed E-state index contributed by atoms with van der Waals surface area (Å²) in [5.74, 6) is -12.1. The summed E-state index contributed by atoms with van der Waals surface area (Å²) in [6, 6.07) is 3.91. The van der Waals surface area contributed by atoms with E-state index in [1.165, 1.54) is 13.8 Å². The lowest BCUT2D eigenvalue weighted by atomic mass is 9.96. The Kier molecular flexibility index (Phi) is 33.9. The summed E-state index contributed by atoms with van der Waals surface area (Å²) < 4.78 is 0. The number of aromatic nitrogens is 1. The molecule has 2 aromatic carbocycles. The van der Waals surface area contributed by atoms with E-state index in [0.717, 1.165) is 6.92 Å². The van der Waals surface area contributed by atoms with Crippen LogP contribution in [-0.4, -0.2) is 179 Å². The number of aliphatic carboxylic acids is 1. The van der Waals surface area contributed by atoms with Gasteiger partial charge in [-0.05, 0) is 81.4 Å². The van der Waals surface area contributed by atoms with Gasteiger partial charge in [0.2, 0.25) is 65.0 Å². The van der Waals surface area contributed by atoms with Crippen molar-refractivity contribution in [3.63, 3.8) is 0 Å². The summed E-state index contributed by atoms with van der Waals surface area (Å²) >= 11 is 0. The molecule has 95 heavy (non-hydrogen) atoms. The van der Waals surface area contributed by atoms with Crippen molar-refractivity contribution in [2.75, 3.05) is 26.2 Å². The van der Waals surface area contributed by atoms with E-state index >= 15 is 0 Å². The second-order valence-electron chi connectivity index (χ2n) is 23.5. The minimum Gasteiger partial charge on any atom is -0.481 e. The average molecular weight is 1330 g/mol. The molecule has 0 aliphatic rings. The summed E-state index contributed by atoms with van der Waals surface area (Å²) in [4.78, 5) is 178. The van der Waals surface area contributed by atoms with E-state index in [-0.39, 0.29) is 88.7 Å². The van der Waals surface area contributed by atoms with Crippen molar-refractivity contribution < 1.29 is 67.4 Å². The number of fused-ring (bicyclic) bond motifs is 1. The minimum atomic E-state index is -1.41. The number of nitrogens with two attached hydrogens (primary N) is 2. The number of Topliss-reactive ketones (excluding diaryl/α,β-unsaturated/α-hetero) is 1. The Hall–Kier alpha value is -10.2. The van der Waals surface area contributed by atoms with Gasteiger partial charge in [0.25, 0.3) is 0 Å². The lowest BCUT2D eigenvalue weighted by Crippen LogP contribution is -2.61. The van der Waals surface area contributed by atoms with Gasteiger partial charge in [0.1, 0.15) is 60.2 Å². The normalized spacial score (nSPS) is 14.1. The van der Waals surface area contributed by atoms with Gasteiger partial charge in [-0.15, -0.1) is 0 Å². The molecule has 522 valence electrons. The van der Waals surface area contributed by atoms with Gasteiger partial charge >= 0.3 is 5.97 Å². The zero-order valence-corrected chi connectivity index (χ0v) is 55.1. The highest BCUT2D eigenvalue weighted by molar-refractivity contribution is 5.99. The van der Waals surface area contributed by atoms with Gasteiger partial charge in [-0.1, -0.05) is 96.0 Å². The average Bonchev–Trinajstić information content (AvgIpc) is 1.72. The molecule has 0 fully saturated rings. The summed E-state index contributed by atoms with van der Waals surface area (Å²) in [6.45, 7) is 11.6. The quantitative estimate of drug-likeness (QED) is 0.0167. The monoisotopic (exact) mass is 1330 g/mol. The maximum absolute atomic E-state index is 14.7. The van der Waals surface area contributed by atoms with Gasteiger partial charge in [0.05, 0.1) is 13.1 Å². The third-order valence-electron chi connectivity index (χ3n) is 15.2. The van der Waals surface area contributed by atoms with Crippen LogP contribution in [0.4, 0.5) is 0 Å². The maximum atomic E-state index is 14.7. The Morgan fingerprint density at radius 1 is 0.505 bits per heavy atom. The minimum absolute atomic E-state index is 0.0359. The van der Waals surface area contributed by atoms with Crippen molar-refractivity contribution in [1.82, 2.24) is 74.1 Å². The molecule has 0 saturated heterocycles. The van der Waals surface area contributed by atoms with Crippen molar-refractivity contribution in [3.8, 4) is 0 Å². The number of carboxylic acids is 1. The second kappa shape index (κ2) is 40.7. The van der Waals surface area contributed by atoms with Crippen LogP contribution in [0.1, 0.15) is 124 Å². The fraction of sp³-hybridized carbons (Fsp3) is 0.540. The lowest BCUT2D eigenvalue weighted by Gasteiger charge is -2.29. The number of guanidine groups is 2. The smallest absolute Gasteiger partial charge is 0.303 e. The van der Waals surface area contributed by atoms with Gasteiger partial charge < -0.3 is 90.7 Å². The molecule has 0 bridgehead atoms. The van der Waals surface area contributed by atoms with E-state index in [1.54, 1.807) is 89.3 Å². The molecule has 1 heterocycles. The molecule has 3 aromatic rings. The van der Waals surface area contributed by atoms with Crippen LogP contribution in [0.15, 0.2) is 60.8 Å². The van der Waals surface area contributed by atoms with Gasteiger partial charge in [-0.25, -0.2) is 0 Å². The van der Waals surface area contributed by atoms with Crippen molar-refractivity contribution in [2.45, 2.75) is 180 Å². The van der Waals surface area contributed by atoms with Crippen LogP contribution < -0.4 is 80.6 Å². The van der Waals surface area contributed by atoms with Crippen molar-refractivity contribution in [1.29, 1.82) is 10.8 Å². The highest BCUT2D eigenvalue weighted by Crippen LogP contribution is 2.20. The number of H-pyrrole nitrogens is 1. The molecule has 0 spiro atoms. The summed E-state index contributed by atoms with van der Waals surface area (Å²) in [7, 11) is 0. The van der Waals surface area contributed by atoms with Crippen LogP contribution in [0.5, 0.6) is 0 Å². The number of benzene rings is 2. The Labute approximate surface area is 551 Å². The second-order valence-corrected chi connectivity index (χ2v) is 23.5. The Morgan fingerprint density at radius 2 is 0.989 bits per heavy atom. The van der Waals surface area contributed by atoms with Crippen molar-refractivity contribution in [2.24, 2.45) is 23.3 Å². The highest BCUT2D eigenvalue weighted by atomic mass is 16.4. The number of aromatic amines is 1.